The van der Waals surface area contributed by atoms with Crippen LogP contribution in [0.3, 0.4) is 0 Å². The van der Waals surface area contributed by atoms with Crippen LogP contribution in [-0.4, -0.2) is 36.7 Å². The topological polar surface area (TPSA) is 25.4 Å². The summed E-state index contributed by atoms with van der Waals surface area (Å²) in [5, 5.41) is 0. The van der Waals surface area contributed by atoms with Gasteiger partial charge in [0.1, 0.15) is 11.6 Å². The highest BCUT2D eigenvalue weighted by Gasteiger charge is 2.22. The van der Waals surface area contributed by atoms with Crippen LogP contribution in [0.25, 0.3) is 0 Å². The van der Waals surface area contributed by atoms with Crippen molar-refractivity contribution in [3.8, 4) is 0 Å². The third kappa shape index (κ3) is 4.08. The fourth-order valence-corrected chi connectivity index (χ4v) is 2.41. The highest BCUT2D eigenvalue weighted by Crippen LogP contribution is 2.29. The lowest BCUT2D eigenvalue weighted by Gasteiger charge is -2.29. The predicted octanol–water partition coefficient (Wildman–Crippen LogP) is 3.42. The molecule has 2 aromatic rings. The number of aromatic nitrogens is 1. The smallest absolute Gasteiger partial charge is 0.131 e. The zero-order chi connectivity index (χ0) is 15.9. The average molecular weight is 306 g/mol. The number of benzene rings is 1. The largest absolute Gasteiger partial charge is 0.380 e. The van der Waals surface area contributed by atoms with Gasteiger partial charge in [-0.2, -0.15) is 0 Å². The lowest BCUT2D eigenvalue weighted by atomic mass is 9.98. The molecule has 0 saturated carbocycles. The van der Waals surface area contributed by atoms with Crippen molar-refractivity contribution in [1.82, 2.24) is 9.88 Å². The molecule has 0 radical (unpaired) electrons. The van der Waals surface area contributed by atoms with Gasteiger partial charge in [-0.1, -0.05) is 12.1 Å². The number of likely N-dealkylation sites (N-methyl/N-ethyl adjacent to an activating group) is 1. The highest BCUT2D eigenvalue weighted by molar-refractivity contribution is 5.31. The monoisotopic (exact) mass is 306 g/mol. The van der Waals surface area contributed by atoms with E-state index in [1.165, 1.54) is 12.1 Å². The summed E-state index contributed by atoms with van der Waals surface area (Å²) < 4.78 is 32.8. The number of nitrogens with zero attached hydrogens (tertiary/aromatic N) is 2. The van der Waals surface area contributed by atoms with Crippen LogP contribution in [0.1, 0.15) is 24.1 Å². The third-order valence-corrected chi connectivity index (χ3v) is 3.49. The van der Waals surface area contributed by atoms with E-state index >= 15 is 0 Å². The maximum atomic E-state index is 14.2. The molecule has 1 heterocycles. The van der Waals surface area contributed by atoms with Crippen molar-refractivity contribution in [2.24, 2.45) is 0 Å². The molecule has 118 valence electrons. The Morgan fingerprint density at radius 2 is 2.09 bits per heavy atom. The van der Waals surface area contributed by atoms with Gasteiger partial charge in [-0.3, -0.25) is 9.88 Å². The summed E-state index contributed by atoms with van der Waals surface area (Å²) in [6, 6.07) is 7.03. The van der Waals surface area contributed by atoms with Gasteiger partial charge in [0.05, 0.1) is 12.6 Å². The molecular weight excluding hydrogens is 286 g/mol. The van der Waals surface area contributed by atoms with Crippen LogP contribution in [0.15, 0.2) is 42.7 Å². The van der Waals surface area contributed by atoms with E-state index in [0.717, 1.165) is 11.6 Å². The standard InChI is InChI=1S/C17H20F2N2O/c1-3-22-10-9-21(2)17(13-5-4-8-20-12-13)15-7-6-14(18)11-16(15)19/h4-8,11-12,17H,3,9-10H2,1-2H3/t17-/m1/s1. The summed E-state index contributed by atoms with van der Waals surface area (Å²) >= 11 is 0. The third-order valence-electron chi connectivity index (χ3n) is 3.49. The molecular formula is C17H20F2N2O. The summed E-state index contributed by atoms with van der Waals surface area (Å²) in [7, 11) is 1.89. The molecule has 5 heteroatoms. The average Bonchev–Trinajstić information content (AvgIpc) is 2.51. The van der Waals surface area contributed by atoms with Gasteiger partial charge in [0, 0.05) is 37.2 Å². The van der Waals surface area contributed by atoms with Gasteiger partial charge < -0.3 is 4.74 Å². The minimum Gasteiger partial charge on any atom is -0.380 e. The quantitative estimate of drug-likeness (QED) is 0.733. The molecule has 0 N–H and O–H groups in total. The van der Waals surface area contributed by atoms with E-state index in [9.17, 15) is 8.78 Å². The Balaban J connectivity index is 2.33. The van der Waals surface area contributed by atoms with Crippen molar-refractivity contribution in [2.45, 2.75) is 13.0 Å². The van der Waals surface area contributed by atoms with Crippen LogP contribution in [-0.2, 0) is 4.74 Å². The van der Waals surface area contributed by atoms with E-state index in [2.05, 4.69) is 4.98 Å². The number of ether oxygens (including phenoxy) is 1. The van der Waals surface area contributed by atoms with E-state index in [0.29, 0.717) is 25.3 Å². The van der Waals surface area contributed by atoms with E-state index in [1.54, 1.807) is 18.5 Å². The zero-order valence-electron chi connectivity index (χ0n) is 12.8. The summed E-state index contributed by atoms with van der Waals surface area (Å²) in [6.45, 7) is 3.74. The van der Waals surface area contributed by atoms with Crippen LogP contribution in [0.4, 0.5) is 8.78 Å². The van der Waals surface area contributed by atoms with Crippen LogP contribution >= 0.6 is 0 Å². The first-order chi connectivity index (χ1) is 10.6. The van der Waals surface area contributed by atoms with Gasteiger partial charge in [-0.25, -0.2) is 8.78 Å². The molecule has 0 spiro atoms. The molecule has 0 aliphatic rings. The number of pyridine rings is 1. The first-order valence-corrected chi connectivity index (χ1v) is 7.26. The lowest BCUT2D eigenvalue weighted by Crippen LogP contribution is -2.29. The first-order valence-electron chi connectivity index (χ1n) is 7.26. The summed E-state index contributed by atoms with van der Waals surface area (Å²) in [6.07, 6.45) is 3.37. The number of hydrogen-bond donors (Lipinski definition) is 0. The molecule has 0 aliphatic heterocycles. The van der Waals surface area contributed by atoms with Gasteiger partial charge >= 0.3 is 0 Å². The molecule has 0 saturated heterocycles. The Bertz CT molecular complexity index is 592. The Morgan fingerprint density at radius 1 is 1.27 bits per heavy atom. The van der Waals surface area contributed by atoms with Crippen LogP contribution in [0.5, 0.6) is 0 Å². The summed E-state index contributed by atoms with van der Waals surface area (Å²) in [4.78, 5) is 6.08. The molecule has 22 heavy (non-hydrogen) atoms. The van der Waals surface area contributed by atoms with Crippen molar-refractivity contribution in [3.05, 3.63) is 65.5 Å². The molecule has 1 aromatic carbocycles. The minimum atomic E-state index is -0.580. The van der Waals surface area contributed by atoms with Crippen LogP contribution in [0, 0.1) is 11.6 Å². The maximum Gasteiger partial charge on any atom is 0.131 e. The van der Waals surface area contributed by atoms with Crippen molar-refractivity contribution in [3.63, 3.8) is 0 Å². The lowest BCUT2D eigenvalue weighted by molar-refractivity contribution is 0.113. The van der Waals surface area contributed by atoms with E-state index in [-0.39, 0.29) is 6.04 Å². The second kappa shape index (κ2) is 7.96. The fourth-order valence-electron chi connectivity index (χ4n) is 2.41. The summed E-state index contributed by atoms with van der Waals surface area (Å²) in [5.74, 6) is -1.14. The predicted molar refractivity (Wildman–Crippen MR) is 81.6 cm³/mol. The molecule has 3 nitrogen and oxygen atoms in total. The maximum absolute atomic E-state index is 14.2. The molecule has 0 aliphatic carbocycles. The van der Waals surface area contributed by atoms with E-state index in [4.69, 9.17) is 4.74 Å². The Hall–Kier alpha value is -1.85. The normalized spacial score (nSPS) is 12.6. The Kier molecular flexibility index (Phi) is 5.98. The van der Waals surface area contributed by atoms with Crippen LogP contribution < -0.4 is 0 Å². The van der Waals surface area contributed by atoms with Crippen molar-refractivity contribution in [1.29, 1.82) is 0 Å². The molecule has 0 bridgehead atoms. The van der Waals surface area contributed by atoms with E-state index < -0.39 is 11.6 Å². The number of halogens is 2. The zero-order valence-corrected chi connectivity index (χ0v) is 12.8. The molecule has 2 rings (SSSR count). The molecule has 1 atom stereocenters. The van der Waals surface area contributed by atoms with Gasteiger partial charge in [0.15, 0.2) is 0 Å². The number of hydrogen-bond acceptors (Lipinski definition) is 3. The van der Waals surface area contributed by atoms with Crippen LogP contribution in [0.2, 0.25) is 0 Å². The van der Waals surface area contributed by atoms with Gasteiger partial charge in [-0.15, -0.1) is 0 Å². The molecule has 0 unspecified atom stereocenters. The molecule has 1 aromatic heterocycles. The molecule has 0 amide bonds. The fraction of sp³-hybridized carbons (Fsp3) is 0.353. The van der Waals surface area contributed by atoms with E-state index in [1.807, 2.05) is 24.9 Å². The second-order valence-electron chi connectivity index (χ2n) is 5.03. The van der Waals surface area contributed by atoms with Crippen molar-refractivity contribution >= 4 is 0 Å². The SMILES string of the molecule is CCOCCN(C)[C@H](c1cccnc1)c1ccc(F)cc1F. The van der Waals surface area contributed by atoms with Crippen molar-refractivity contribution in [2.75, 3.05) is 26.8 Å². The first kappa shape index (κ1) is 16.5. The number of rotatable bonds is 7. The Labute approximate surface area is 129 Å². The molecule has 0 fully saturated rings. The van der Waals surface area contributed by atoms with Crippen molar-refractivity contribution < 1.29 is 13.5 Å². The minimum absolute atomic E-state index is 0.338. The van der Waals surface area contributed by atoms with Gasteiger partial charge in [-0.05, 0) is 31.7 Å². The second-order valence-corrected chi connectivity index (χ2v) is 5.03. The van der Waals surface area contributed by atoms with Gasteiger partial charge in [0.2, 0.25) is 0 Å². The summed E-state index contributed by atoms with van der Waals surface area (Å²) in [5.41, 5.74) is 1.28. The van der Waals surface area contributed by atoms with Gasteiger partial charge in [0.25, 0.3) is 0 Å². The highest BCUT2D eigenvalue weighted by atomic mass is 19.1. The Morgan fingerprint density at radius 3 is 2.73 bits per heavy atom.